The van der Waals surface area contributed by atoms with E-state index in [0.29, 0.717) is 5.16 Å². The molecule has 0 saturated carbocycles. The number of ether oxygens (including phenoxy) is 1. The van der Waals surface area contributed by atoms with Crippen LogP contribution >= 0.6 is 11.8 Å². The molecule has 0 spiro atoms. The molecule has 0 amide bonds. The number of carbonyl (C=O) groups is 1. The van der Waals surface area contributed by atoms with Crippen molar-refractivity contribution in [3.63, 3.8) is 0 Å². The quantitative estimate of drug-likeness (QED) is 0.403. The van der Waals surface area contributed by atoms with E-state index in [-0.39, 0.29) is 19.1 Å². The molecule has 1 heterocycles. The molecule has 0 saturated heterocycles. The Bertz CT molecular complexity index is 345. The Morgan fingerprint density at radius 1 is 1.47 bits per heavy atom. The summed E-state index contributed by atoms with van der Waals surface area (Å²) in [5, 5.41) is 20.3. The molecular weight excluding hydrogens is 244 g/mol. The van der Waals surface area contributed by atoms with Gasteiger partial charge in [-0.05, 0) is 23.3 Å². The van der Waals surface area contributed by atoms with Gasteiger partial charge in [-0.3, -0.25) is 4.79 Å². The predicted octanol–water partition coefficient (Wildman–Crippen LogP) is 0.101. The molecule has 1 aromatic rings. The van der Waals surface area contributed by atoms with Gasteiger partial charge in [0.25, 0.3) is 0 Å². The fourth-order valence-electron chi connectivity index (χ4n) is 1.14. The van der Waals surface area contributed by atoms with Crippen molar-refractivity contribution in [2.24, 2.45) is 0 Å². The average Bonchev–Trinajstić information content (AvgIpc) is 2.76. The molecule has 0 aromatic carbocycles. The van der Waals surface area contributed by atoms with Crippen molar-refractivity contribution in [1.82, 2.24) is 20.2 Å². The summed E-state index contributed by atoms with van der Waals surface area (Å²) in [7, 11) is 1.33. The highest BCUT2D eigenvalue weighted by atomic mass is 32.2. The zero-order valence-corrected chi connectivity index (χ0v) is 10.5. The number of methoxy groups -OCH3 is 1. The molecule has 8 heteroatoms. The molecule has 0 aliphatic heterocycles. The Morgan fingerprint density at radius 2 is 2.29 bits per heavy atom. The number of hydrogen-bond acceptors (Lipinski definition) is 7. The highest BCUT2D eigenvalue weighted by Crippen LogP contribution is 2.15. The number of rotatable bonds is 8. The lowest BCUT2D eigenvalue weighted by molar-refractivity contribution is -0.141. The average molecular weight is 260 g/mol. The van der Waals surface area contributed by atoms with E-state index in [1.165, 1.54) is 23.6 Å². The summed E-state index contributed by atoms with van der Waals surface area (Å²) in [4.78, 5) is 11.1. The van der Waals surface area contributed by atoms with Crippen LogP contribution in [0.4, 0.5) is 0 Å². The van der Waals surface area contributed by atoms with Gasteiger partial charge in [-0.15, -0.1) is 5.10 Å². The number of tetrazole rings is 1. The number of hydrogen-bond donors (Lipinski definition) is 1. The minimum atomic E-state index is -0.376. The summed E-state index contributed by atoms with van der Waals surface area (Å²) < 4.78 is 5.96. The van der Waals surface area contributed by atoms with Gasteiger partial charge < -0.3 is 9.84 Å². The molecule has 96 valence electrons. The number of aliphatic hydroxyl groups excluding tert-OH is 1. The molecular formula is C9H16N4O3S. The number of aromatic nitrogens is 4. The van der Waals surface area contributed by atoms with Gasteiger partial charge in [-0.2, -0.15) is 0 Å². The van der Waals surface area contributed by atoms with Crippen LogP contribution in [0, 0.1) is 0 Å². The summed E-state index contributed by atoms with van der Waals surface area (Å²) in [6, 6.07) is 0. The third-order valence-electron chi connectivity index (χ3n) is 2.04. The monoisotopic (exact) mass is 260 g/mol. The molecule has 0 atom stereocenters. The second-order valence-electron chi connectivity index (χ2n) is 3.33. The van der Waals surface area contributed by atoms with Crippen LogP contribution in [-0.4, -0.2) is 50.8 Å². The van der Waals surface area contributed by atoms with Gasteiger partial charge in [0.15, 0.2) is 0 Å². The van der Waals surface area contributed by atoms with E-state index in [4.69, 9.17) is 5.11 Å². The third-order valence-corrected chi connectivity index (χ3v) is 3.08. The Labute approximate surface area is 104 Å². The van der Waals surface area contributed by atoms with E-state index < -0.39 is 0 Å². The summed E-state index contributed by atoms with van der Waals surface area (Å²) in [6.45, 7) is 0.257. The van der Waals surface area contributed by atoms with E-state index in [0.717, 1.165) is 25.0 Å². The number of aliphatic hydroxyl groups is 1. The van der Waals surface area contributed by atoms with E-state index in [1.807, 2.05) is 0 Å². The molecule has 0 bridgehead atoms. The van der Waals surface area contributed by atoms with Crippen LogP contribution in [0.2, 0.25) is 0 Å². The molecule has 1 rings (SSSR count). The van der Waals surface area contributed by atoms with Crippen molar-refractivity contribution in [2.45, 2.75) is 31.0 Å². The van der Waals surface area contributed by atoms with Crippen molar-refractivity contribution < 1.29 is 14.6 Å². The molecule has 1 aromatic heterocycles. The summed E-state index contributed by atoms with van der Waals surface area (Å²) in [5.41, 5.74) is 0. The Morgan fingerprint density at radius 3 is 3.00 bits per heavy atom. The maximum absolute atomic E-state index is 11.1. The number of esters is 1. The molecule has 0 unspecified atom stereocenters. The number of nitrogens with zero attached hydrogens (tertiary/aromatic N) is 4. The van der Waals surface area contributed by atoms with Gasteiger partial charge in [0.1, 0.15) is 6.54 Å². The van der Waals surface area contributed by atoms with Crippen LogP contribution in [-0.2, 0) is 16.1 Å². The Kier molecular flexibility index (Phi) is 6.56. The van der Waals surface area contributed by atoms with Crippen molar-refractivity contribution in [3.05, 3.63) is 0 Å². The van der Waals surface area contributed by atoms with E-state index in [2.05, 4.69) is 20.3 Å². The zero-order valence-electron chi connectivity index (χ0n) is 9.70. The lowest BCUT2D eigenvalue weighted by atomic mass is 10.3. The van der Waals surface area contributed by atoms with E-state index in [1.54, 1.807) is 0 Å². The van der Waals surface area contributed by atoms with Crippen LogP contribution in [0.5, 0.6) is 0 Å². The molecule has 0 radical (unpaired) electrons. The number of unbranched alkanes of at least 4 members (excludes halogenated alkanes) is 2. The largest absolute Gasteiger partial charge is 0.468 e. The number of thioether (sulfide) groups is 1. The lowest BCUT2D eigenvalue weighted by Gasteiger charge is -2.02. The van der Waals surface area contributed by atoms with Crippen LogP contribution in [0.15, 0.2) is 5.16 Å². The van der Waals surface area contributed by atoms with Crippen molar-refractivity contribution in [1.29, 1.82) is 0 Å². The lowest BCUT2D eigenvalue weighted by Crippen LogP contribution is -2.13. The maximum Gasteiger partial charge on any atom is 0.327 e. The van der Waals surface area contributed by atoms with Gasteiger partial charge in [0, 0.05) is 12.4 Å². The normalized spacial score (nSPS) is 10.5. The Balaban J connectivity index is 2.33. The van der Waals surface area contributed by atoms with Crippen molar-refractivity contribution >= 4 is 17.7 Å². The zero-order chi connectivity index (χ0) is 12.5. The minimum Gasteiger partial charge on any atom is -0.468 e. The first kappa shape index (κ1) is 13.9. The number of carbonyl (C=O) groups excluding carboxylic acids is 1. The maximum atomic E-state index is 11.1. The van der Waals surface area contributed by atoms with Gasteiger partial charge in [-0.25, -0.2) is 4.68 Å². The highest BCUT2D eigenvalue weighted by molar-refractivity contribution is 7.99. The summed E-state index contributed by atoms with van der Waals surface area (Å²) in [5.74, 6) is 0.487. The molecule has 1 N–H and O–H groups in total. The van der Waals surface area contributed by atoms with E-state index in [9.17, 15) is 4.79 Å². The summed E-state index contributed by atoms with van der Waals surface area (Å²) in [6.07, 6.45) is 2.77. The van der Waals surface area contributed by atoms with E-state index >= 15 is 0 Å². The first-order valence-electron chi connectivity index (χ1n) is 5.34. The molecule has 7 nitrogen and oxygen atoms in total. The second kappa shape index (κ2) is 8.02. The van der Waals surface area contributed by atoms with Crippen LogP contribution < -0.4 is 0 Å². The smallest absolute Gasteiger partial charge is 0.327 e. The molecule has 17 heavy (non-hydrogen) atoms. The Hall–Kier alpha value is -1.15. The van der Waals surface area contributed by atoms with Gasteiger partial charge in [0.05, 0.1) is 7.11 Å². The topological polar surface area (TPSA) is 90.1 Å². The van der Waals surface area contributed by atoms with Crippen LogP contribution in [0.25, 0.3) is 0 Å². The van der Waals surface area contributed by atoms with Gasteiger partial charge >= 0.3 is 5.97 Å². The minimum absolute atomic E-state index is 0.0302. The van der Waals surface area contributed by atoms with Gasteiger partial charge in [0.2, 0.25) is 5.16 Å². The SMILES string of the molecule is COC(=O)Cn1nnnc1SCCCCCO. The predicted molar refractivity (Wildman–Crippen MR) is 61.5 cm³/mol. The fraction of sp³-hybridized carbons (Fsp3) is 0.778. The van der Waals surface area contributed by atoms with Crippen LogP contribution in [0.3, 0.4) is 0 Å². The molecule has 0 aliphatic rings. The van der Waals surface area contributed by atoms with Crippen molar-refractivity contribution in [3.8, 4) is 0 Å². The van der Waals surface area contributed by atoms with Crippen molar-refractivity contribution in [2.75, 3.05) is 19.5 Å². The molecule has 0 aliphatic carbocycles. The second-order valence-corrected chi connectivity index (χ2v) is 4.39. The summed E-state index contributed by atoms with van der Waals surface area (Å²) >= 11 is 1.49. The third kappa shape index (κ3) is 5.14. The van der Waals surface area contributed by atoms with Gasteiger partial charge in [-0.1, -0.05) is 18.2 Å². The fourth-order valence-corrected chi connectivity index (χ4v) is 2.02. The molecule has 0 fully saturated rings. The van der Waals surface area contributed by atoms with Crippen LogP contribution in [0.1, 0.15) is 19.3 Å². The standard InChI is InChI=1S/C9H16N4O3S/c1-16-8(15)7-13-9(10-11-12-13)17-6-4-2-3-5-14/h14H,2-7H2,1H3. The highest BCUT2D eigenvalue weighted by Gasteiger charge is 2.10. The first-order chi connectivity index (χ1) is 8.27. The first-order valence-corrected chi connectivity index (χ1v) is 6.33.